The molecular formula is C16H17ClFNO2. The standard InChI is InChI=1S/C16H17ClFNO2/c1-20-15-6-4-12(17)7-11(15)8-14(19)10-3-5-13(18)16(9-10)21-2/h3-7,9,14H,8,19H2,1-2H3. The van der Waals surface area contributed by atoms with Crippen molar-refractivity contribution in [1.29, 1.82) is 0 Å². The Hall–Kier alpha value is -1.78. The summed E-state index contributed by atoms with van der Waals surface area (Å²) in [5.41, 5.74) is 7.89. The topological polar surface area (TPSA) is 44.5 Å². The first-order valence-corrected chi connectivity index (χ1v) is 6.84. The lowest BCUT2D eigenvalue weighted by atomic mass is 9.99. The van der Waals surface area contributed by atoms with Crippen LogP contribution in [0.5, 0.6) is 11.5 Å². The zero-order valence-electron chi connectivity index (χ0n) is 11.9. The zero-order valence-corrected chi connectivity index (χ0v) is 12.7. The fourth-order valence-corrected chi connectivity index (χ4v) is 2.36. The summed E-state index contributed by atoms with van der Waals surface area (Å²) in [6, 6.07) is 9.68. The van der Waals surface area contributed by atoms with Crippen molar-refractivity contribution in [2.75, 3.05) is 14.2 Å². The Labute approximate surface area is 128 Å². The molecule has 0 bridgehead atoms. The van der Waals surface area contributed by atoms with Gasteiger partial charge in [-0.1, -0.05) is 17.7 Å². The second-order valence-electron chi connectivity index (χ2n) is 4.66. The van der Waals surface area contributed by atoms with Gasteiger partial charge in [-0.3, -0.25) is 0 Å². The molecule has 0 heterocycles. The van der Waals surface area contributed by atoms with Gasteiger partial charge in [-0.05, 0) is 47.9 Å². The van der Waals surface area contributed by atoms with Crippen LogP contribution in [0, 0.1) is 5.82 Å². The van der Waals surface area contributed by atoms with Crippen LogP contribution in [0.1, 0.15) is 17.2 Å². The minimum Gasteiger partial charge on any atom is -0.496 e. The largest absolute Gasteiger partial charge is 0.496 e. The molecule has 0 fully saturated rings. The molecule has 0 saturated carbocycles. The Bertz CT molecular complexity index is 634. The molecule has 2 rings (SSSR count). The van der Waals surface area contributed by atoms with Crippen molar-refractivity contribution < 1.29 is 13.9 Å². The Morgan fingerprint density at radius 3 is 2.48 bits per heavy atom. The highest BCUT2D eigenvalue weighted by molar-refractivity contribution is 6.30. The highest BCUT2D eigenvalue weighted by atomic mass is 35.5. The number of rotatable bonds is 5. The molecule has 0 aliphatic carbocycles. The lowest BCUT2D eigenvalue weighted by Gasteiger charge is -2.16. The van der Waals surface area contributed by atoms with E-state index in [0.29, 0.717) is 11.4 Å². The lowest BCUT2D eigenvalue weighted by molar-refractivity contribution is 0.385. The first kappa shape index (κ1) is 15.6. The van der Waals surface area contributed by atoms with Crippen LogP contribution >= 0.6 is 11.6 Å². The maximum atomic E-state index is 13.4. The number of hydrogen-bond acceptors (Lipinski definition) is 3. The van der Waals surface area contributed by atoms with Crippen LogP contribution in [0.4, 0.5) is 4.39 Å². The summed E-state index contributed by atoms with van der Waals surface area (Å²) in [7, 11) is 3.02. The summed E-state index contributed by atoms with van der Waals surface area (Å²) in [6.07, 6.45) is 0.526. The highest BCUT2D eigenvalue weighted by Crippen LogP contribution is 2.28. The number of benzene rings is 2. The van der Waals surface area contributed by atoms with Gasteiger partial charge in [-0.2, -0.15) is 0 Å². The molecule has 21 heavy (non-hydrogen) atoms. The molecule has 2 aromatic carbocycles. The lowest BCUT2D eigenvalue weighted by Crippen LogP contribution is -2.14. The molecule has 0 amide bonds. The van der Waals surface area contributed by atoms with Crippen LogP contribution in [0.25, 0.3) is 0 Å². The van der Waals surface area contributed by atoms with E-state index in [1.807, 2.05) is 6.07 Å². The number of hydrogen-bond donors (Lipinski definition) is 1. The summed E-state index contributed by atoms with van der Waals surface area (Å²) in [4.78, 5) is 0. The maximum absolute atomic E-state index is 13.4. The van der Waals surface area contributed by atoms with Crippen LogP contribution in [-0.4, -0.2) is 14.2 Å². The fraction of sp³-hybridized carbons (Fsp3) is 0.250. The molecule has 0 aliphatic heterocycles. The first-order chi connectivity index (χ1) is 10.0. The van der Waals surface area contributed by atoms with E-state index in [0.717, 1.165) is 16.9 Å². The van der Waals surface area contributed by atoms with E-state index in [9.17, 15) is 4.39 Å². The van der Waals surface area contributed by atoms with Gasteiger partial charge in [0.25, 0.3) is 0 Å². The quantitative estimate of drug-likeness (QED) is 0.915. The van der Waals surface area contributed by atoms with Crippen molar-refractivity contribution in [1.82, 2.24) is 0 Å². The van der Waals surface area contributed by atoms with Crippen molar-refractivity contribution in [2.45, 2.75) is 12.5 Å². The molecule has 2 aromatic rings. The monoisotopic (exact) mass is 309 g/mol. The summed E-state index contributed by atoms with van der Waals surface area (Å²) in [5, 5.41) is 0.620. The smallest absolute Gasteiger partial charge is 0.165 e. The molecule has 5 heteroatoms. The van der Waals surface area contributed by atoms with Gasteiger partial charge in [0.1, 0.15) is 5.75 Å². The SMILES string of the molecule is COc1cc(C(N)Cc2cc(Cl)ccc2OC)ccc1F. The zero-order chi connectivity index (χ0) is 15.4. The summed E-state index contributed by atoms with van der Waals surface area (Å²) >= 11 is 6.01. The molecule has 0 saturated heterocycles. The van der Waals surface area contributed by atoms with Crippen molar-refractivity contribution >= 4 is 11.6 Å². The van der Waals surface area contributed by atoms with E-state index in [2.05, 4.69) is 0 Å². The van der Waals surface area contributed by atoms with Crippen LogP contribution in [0.2, 0.25) is 5.02 Å². The Morgan fingerprint density at radius 1 is 1.10 bits per heavy atom. The van der Waals surface area contributed by atoms with E-state index < -0.39 is 5.82 Å². The molecular weight excluding hydrogens is 293 g/mol. The first-order valence-electron chi connectivity index (χ1n) is 6.46. The normalized spacial score (nSPS) is 12.0. The summed E-state index contributed by atoms with van der Waals surface area (Å²) < 4.78 is 23.7. The average molecular weight is 310 g/mol. The molecule has 0 aliphatic rings. The van der Waals surface area contributed by atoms with Crippen molar-refractivity contribution in [3.05, 3.63) is 58.4 Å². The fourth-order valence-electron chi connectivity index (χ4n) is 2.17. The molecule has 1 atom stereocenters. The van der Waals surface area contributed by atoms with Crippen LogP contribution in [0.3, 0.4) is 0 Å². The van der Waals surface area contributed by atoms with Crippen LogP contribution in [0.15, 0.2) is 36.4 Å². The van der Waals surface area contributed by atoms with E-state index in [1.165, 1.54) is 13.2 Å². The molecule has 0 aromatic heterocycles. The van der Waals surface area contributed by atoms with Gasteiger partial charge in [0.05, 0.1) is 14.2 Å². The predicted octanol–water partition coefficient (Wildman–Crippen LogP) is 3.74. The van der Waals surface area contributed by atoms with Gasteiger partial charge in [-0.15, -0.1) is 0 Å². The van der Waals surface area contributed by atoms with Crippen LogP contribution in [-0.2, 0) is 6.42 Å². The summed E-state index contributed by atoms with van der Waals surface area (Å²) in [6.45, 7) is 0. The second kappa shape index (κ2) is 6.78. The molecule has 0 spiro atoms. The Kier molecular flexibility index (Phi) is 5.04. The van der Waals surface area contributed by atoms with Gasteiger partial charge in [0.2, 0.25) is 0 Å². The number of ether oxygens (including phenoxy) is 2. The maximum Gasteiger partial charge on any atom is 0.165 e. The van der Waals surface area contributed by atoms with Crippen molar-refractivity contribution in [2.24, 2.45) is 5.73 Å². The minimum atomic E-state index is -0.409. The van der Waals surface area contributed by atoms with Crippen molar-refractivity contribution in [3.8, 4) is 11.5 Å². The third-order valence-corrected chi connectivity index (χ3v) is 3.52. The third kappa shape index (κ3) is 3.65. The molecule has 0 radical (unpaired) electrons. The van der Waals surface area contributed by atoms with Gasteiger partial charge < -0.3 is 15.2 Å². The Balaban J connectivity index is 2.25. The van der Waals surface area contributed by atoms with E-state index in [4.69, 9.17) is 26.8 Å². The van der Waals surface area contributed by atoms with E-state index in [-0.39, 0.29) is 11.8 Å². The molecule has 2 N–H and O–H groups in total. The van der Waals surface area contributed by atoms with E-state index >= 15 is 0 Å². The second-order valence-corrected chi connectivity index (χ2v) is 5.10. The molecule has 3 nitrogen and oxygen atoms in total. The minimum absolute atomic E-state index is 0.181. The molecule has 112 valence electrons. The van der Waals surface area contributed by atoms with Crippen molar-refractivity contribution in [3.63, 3.8) is 0 Å². The average Bonchev–Trinajstić information content (AvgIpc) is 2.48. The summed E-state index contributed by atoms with van der Waals surface area (Å²) in [5.74, 6) is 0.499. The number of methoxy groups -OCH3 is 2. The molecule has 1 unspecified atom stereocenters. The Morgan fingerprint density at radius 2 is 1.81 bits per heavy atom. The number of nitrogens with two attached hydrogens (primary N) is 1. The van der Waals surface area contributed by atoms with E-state index in [1.54, 1.807) is 31.4 Å². The highest BCUT2D eigenvalue weighted by Gasteiger charge is 2.13. The van der Waals surface area contributed by atoms with Crippen LogP contribution < -0.4 is 15.2 Å². The van der Waals surface area contributed by atoms with Gasteiger partial charge in [-0.25, -0.2) is 4.39 Å². The van der Waals surface area contributed by atoms with Gasteiger partial charge >= 0.3 is 0 Å². The van der Waals surface area contributed by atoms with Gasteiger partial charge in [0, 0.05) is 11.1 Å². The third-order valence-electron chi connectivity index (χ3n) is 3.29. The van der Waals surface area contributed by atoms with Gasteiger partial charge in [0.15, 0.2) is 11.6 Å². The predicted molar refractivity (Wildman–Crippen MR) is 81.6 cm³/mol. The number of halogens is 2.